The maximum atomic E-state index is 6.16. The Balaban J connectivity index is 2.15. The maximum Gasteiger partial charge on any atom is 0.0587 e. The Morgan fingerprint density at radius 1 is 1.40 bits per heavy atom. The number of hydrogen-bond acceptors (Lipinski definition) is 3. The van der Waals surface area contributed by atoms with Crippen molar-refractivity contribution in [2.75, 3.05) is 31.7 Å². The molecule has 0 amide bonds. The minimum absolute atomic E-state index is 0.231. The topological polar surface area (TPSA) is 24.5 Å². The summed E-state index contributed by atoms with van der Waals surface area (Å²) in [7, 11) is 1.72. The van der Waals surface area contributed by atoms with E-state index in [1.165, 1.54) is 24.1 Å². The summed E-state index contributed by atoms with van der Waals surface area (Å²) in [6.07, 6.45) is 2.50. The van der Waals surface area contributed by atoms with Crippen LogP contribution in [0.15, 0.2) is 18.2 Å². The van der Waals surface area contributed by atoms with E-state index in [1.54, 1.807) is 7.11 Å². The van der Waals surface area contributed by atoms with Gasteiger partial charge in [-0.1, -0.05) is 11.6 Å². The summed E-state index contributed by atoms with van der Waals surface area (Å²) < 4.78 is 5.07. The molecule has 1 aromatic carbocycles. The quantitative estimate of drug-likeness (QED) is 0.814. The predicted octanol–water partition coefficient (Wildman–Crippen LogP) is 3.45. The van der Waals surface area contributed by atoms with Gasteiger partial charge >= 0.3 is 0 Å². The van der Waals surface area contributed by atoms with Crippen molar-refractivity contribution in [3.63, 3.8) is 0 Å². The second-order valence-electron chi connectivity index (χ2n) is 6.01. The highest BCUT2D eigenvalue weighted by Crippen LogP contribution is 2.36. The lowest BCUT2D eigenvalue weighted by Crippen LogP contribution is -2.39. The molecule has 2 rings (SSSR count). The lowest BCUT2D eigenvalue weighted by Gasteiger charge is -2.35. The Kier molecular flexibility index (Phi) is 5.30. The number of nitrogens with zero attached hydrogens (tertiary/aromatic N) is 1. The van der Waals surface area contributed by atoms with E-state index < -0.39 is 0 Å². The minimum atomic E-state index is 0.231. The SMILES string of the molecule is COCCNCc1cc(Cl)ccc1N1CCCC1(C)C. The van der Waals surface area contributed by atoms with Crippen LogP contribution in [0.25, 0.3) is 0 Å². The van der Waals surface area contributed by atoms with Gasteiger partial charge in [0, 0.05) is 43.0 Å². The molecule has 0 radical (unpaired) electrons. The average Bonchev–Trinajstić information content (AvgIpc) is 2.75. The van der Waals surface area contributed by atoms with Crippen LogP contribution in [0.2, 0.25) is 5.02 Å². The molecule has 0 bridgehead atoms. The number of nitrogens with one attached hydrogen (secondary N) is 1. The van der Waals surface area contributed by atoms with Gasteiger partial charge in [0.05, 0.1) is 6.61 Å². The van der Waals surface area contributed by atoms with Gasteiger partial charge in [-0.05, 0) is 50.5 Å². The third-order valence-electron chi connectivity index (χ3n) is 4.03. The third-order valence-corrected chi connectivity index (χ3v) is 4.27. The Morgan fingerprint density at radius 2 is 2.20 bits per heavy atom. The van der Waals surface area contributed by atoms with Crippen molar-refractivity contribution >= 4 is 17.3 Å². The zero-order chi connectivity index (χ0) is 14.6. The molecule has 1 aliphatic rings. The fraction of sp³-hybridized carbons (Fsp3) is 0.625. The molecular weight excluding hydrogens is 272 g/mol. The molecule has 0 unspecified atom stereocenters. The van der Waals surface area contributed by atoms with Crippen molar-refractivity contribution < 1.29 is 4.74 Å². The number of rotatable bonds is 6. The number of ether oxygens (including phenoxy) is 1. The summed E-state index contributed by atoms with van der Waals surface area (Å²) in [4.78, 5) is 2.51. The monoisotopic (exact) mass is 296 g/mol. The normalized spacial score (nSPS) is 17.7. The summed E-state index contributed by atoms with van der Waals surface area (Å²) >= 11 is 6.16. The molecule has 1 N–H and O–H groups in total. The van der Waals surface area contributed by atoms with Gasteiger partial charge in [-0.15, -0.1) is 0 Å². The second-order valence-corrected chi connectivity index (χ2v) is 6.45. The molecule has 3 nitrogen and oxygen atoms in total. The number of benzene rings is 1. The van der Waals surface area contributed by atoms with Crippen molar-refractivity contribution in [1.82, 2.24) is 5.32 Å². The number of anilines is 1. The molecule has 112 valence electrons. The first-order valence-corrected chi connectivity index (χ1v) is 7.68. The fourth-order valence-corrected chi connectivity index (χ4v) is 3.10. The van der Waals surface area contributed by atoms with Crippen LogP contribution < -0.4 is 10.2 Å². The van der Waals surface area contributed by atoms with Crippen LogP contribution in [0.4, 0.5) is 5.69 Å². The van der Waals surface area contributed by atoms with E-state index in [1.807, 2.05) is 6.07 Å². The van der Waals surface area contributed by atoms with Gasteiger partial charge in [0.25, 0.3) is 0 Å². The van der Waals surface area contributed by atoms with Gasteiger partial charge in [-0.2, -0.15) is 0 Å². The molecule has 1 heterocycles. The molecule has 20 heavy (non-hydrogen) atoms. The van der Waals surface area contributed by atoms with Gasteiger partial charge in [0.1, 0.15) is 0 Å². The van der Waals surface area contributed by atoms with Crippen LogP contribution in [-0.4, -0.2) is 32.3 Å². The van der Waals surface area contributed by atoms with Crippen molar-refractivity contribution in [1.29, 1.82) is 0 Å². The van der Waals surface area contributed by atoms with Gasteiger partial charge in [-0.3, -0.25) is 0 Å². The molecular formula is C16H25ClN2O. The maximum absolute atomic E-state index is 6.16. The number of methoxy groups -OCH3 is 1. The predicted molar refractivity (Wildman–Crippen MR) is 85.7 cm³/mol. The first-order valence-electron chi connectivity index (χ1n) is 7.30. The van der Waals surface area contributed by atoms with Crippen LogP contribution in [-0.2, 0) is 11.3 Å². The van der Waals surface area contributed by atoms with E-state index in [-0.39, 0.29) is 5.54 Å². The zero-order valence-corrected chi connectivity index (χ0v) is 13.5. The molecule has 0 spiro atoms. The van der Waals surface area contributed by atoms with Crippen molar-refractivity contribution in [3.05, 3.63) is 28.8 Å². The van der Waals surface area contributed by atoms with Crippen molar-refractivity contribution in [2.45, 2.75) is 38.8 Å². The summed E-state index contributed by atoms with van der Waals surface area (Å²) in [5.74, 6) is 0. The fourth-order valence-electron chi connectivity index (χ4n) is 2.91. The van der Waals surface area contributed by atoms with E-state index in [4.69, 9.17) is 16.3 Å². The van der Waals surface area contributed by atoms with E-state index >= 15 is 0 Å². The highest BCUT2D eigenvalue weighted by Gasteiger charge is 2.32. The van der Waals surface area contributed by atoms with Crippen molar-refractivity contribution in [3.8, 4) is 0 Å². The highest BCUT2D eigenvalue weighted by molar-refractivity contribution is 6.30. The first-order chi connectivity index (χ1) is 9.54. The van der Waals surface area contributed by atoms with E-state index in [0.29, 0.717) is 0 Å². The standard InChI is InChI=1S/C16H25ClN2O/c1-16(2)7-4-9-19(16)15-6-5-14(17)11-13(15)12-18-8-10-20-3/h5-6,11,18H,4,7-10,12H2,1-3H3. The van der Waals surface area contributed by atoms with E-state index in [9.17, 15) is 0 Å². The molecule has 0 saturated carbocycles. The molecule has 0 aliphatic carbocycles. The minimum Gasteiger partial charge on any atom is -0.383 e. The zero-order valence-electron chi connectivity index (χ0n) is 12.7. The largest absolute Gasteiger partial charge is 0.383 e. The van der Waals surface area contributed by atoms with Crippen molar-refractivity contribution in [2.24, 2.45) is 0 Å². The smallest absolute Gasteiger partial charge is 0.0587 e. The summed E-state index contributed by atoms with van der Waals surface area (Å²) in [5, 5.41) is 4.21. The van der Waals surface area contributed by atoms with Gasteiger partial charge in [-0.25, -0.2) is 0 Å². The number of hydrogen-bond donors (Lipinski definition) is 1. The van der Waals surface area contributed by atoms with Crippen LogP contribution in [0, 0.1) is 0 Å². The summed E-state index contributed by atoms with van der Waals surface area (Å²) in [6.45, 7) is 8.16. The van der Waals surface area contributed by atoms with Crippen LogP contribution in [0.3, 0.4) is 0 Å². The average molecular weight is 297 g/mol. The van der Waals surface area contributed by atoms with E-state index in [0.717, 1.165) is 31.3 Å². The third kappa shape index (κ3) is 3.66. The summed E-state index contributed by atoms with van der Waals surface area (Å²) in [6, 6.07) is 6.22. The van der Waals surface area contributed by atoms with Crippen LogP contribution in [0.5, 0.6) is 0 Å². The van der Waals surface area contributed by atoms with Gasteiger partial charge < -0.3 is 15.0 Å². The van der Waals surface area contributed by atoms with Gasteiger partial charge in [0.2, 0.25) is 0 Å². The molecule has 1 aliphatic heterocycles. The summed E-state index contributed by atoms with van der Waals surface area (Å²) in [5.41, 5.74) is 2.81. The van der Waals surface area contributed by atoms with Gasteiger partial charge in [0.15, 0.2) is 0 Å². The molecule has 0 atom stereocenters. The lowest BCUT2D eigenvalue weighted by molar-refractivity contribution is 0.199. The molecule has 1 saturated heterocycles. The van der Waals surface area contributed by atoms with Crippen LogP contribution >= 0.6 is 11.6 Å². The molecule has 4 heteroatoms. The Bertz CT molecular complexity index is 448. The molecule has 0 aromatic heterocycles. The lowest BCUT2D eigenvalue weighted by atomic mass is 10.0. The Morgan fingerprint density at radius 3 is 2.85 bits per heavy atom. The van der Waals surface area contributed by atoms with Crippen LogP contribution in [0.1, 0.15) is 32.3 Å². The Hall–Kier alpha value is -0.770. The number of halogens is 1. The first kappa shape index (κ1) is 15.6. The molecule has 1 fully saturated rings. The highest BCUT2D eigenvalue weighted by atomic mass is 35.5. The Labute approximate surface area is 127 Å². The second kappa shape index (κ2) is 6.79. The van der Waals surface area contributed by atoms with E-state index in [2.05, 4.69) is 36.2 Å². The molecule has 1 aromatic rings.